The van der Waals surface area contributed by atoms with Crippen molar-refractivity contribution in [2.45, 2.75) is 75.1 Å². The minimum atomic E-state index is -0.609. The Hall–Kier alpha value is -0.610. The van der Waals surface area contributed by atoms with Crippen LogP contribution in [-0.4, -0.2) is 41.1 Å². The molecule has 0 bridgehead atoms. The van der Waals surface area contributed by atoms with Crippen LogP contribution >= 0.6 is 11.6 Å². The van der Waals surface area contributed by atoms with Crippen LogP contribution in [0.5, 0.6) is 0 Å². The Balaban J connectivity index is 1.49. The third-order valence-electron chi connectivity index (χ3n) is 6.21. The molecule has 0 aromatic rings. The van der Waals surface area contributed by atoms with Crippen LogP contribution in [-0.2, 0) is 4.79 Å². The van der Waals surface area contributed by atoms with Gasteiger partial charge in [-0.1, -0.05) is 6.08 Å². The molecule has 1 N–H and O–H groups in total. The Kier molecular flexibility index (Phi) is 4.39. The van der Waals surface area contributed by atoms with Gasteiger partial charge in [0.2, 0.25) is 5.91 Å². The lowest BCUT2D eigenvalue weighted by Gasteiger charge is -2.44. The fourth-order valence-corrected chi connectivity index (χ4v) is 5.21. The molecule has 0 spiro atoms. The van der Waals surface area contributed by atoms with Crippen molar-refractivity contribution >= 4 is 17.5 Å². The van der Waals surface area contributed by atoms with Crippen molar-refractivity contribution in [3.63, 3.8) is 0 Å². The summed E-state index contributed by atoms with van der Waals surface area (Å²) in [7, 11) is 0. The summed E-state index contributed by atoms with van der Waals surface area (Å²) in [6, 6.07) is 0.225. The summed E-state index contributed by atoms with van der Waals surface area (Å²) in [5.41, 5.74) is 1.34. The third-order valence-corrected chi connectivity index (χ3v) is 6.61. The highest BCUT2D eigenvalue weighted by Gasteiger charge is 2.47. The predicted octanol–water partition coefficient (Wildman–Crippen LogP) is 3.38. The van der Waals surface area contributed by atoms with Crippen LogP contribution in [0, 0.1) is 11.8 Å². The summed E-state index contributed by atoms with van der Waals surface area (Å²) in [5.74, 6) is 0.916. The van der Waals surface area contributed by atoms with Crippen LogP contribution < -0.4 is 5.32 Å². The molecular formula is C18H26ClFN2O. The van der Waals surface area contributed by atoms with Gasteiger partial charge < -0.3 is 4.90 Å². The van der Waals surface area contributed by atoms with Crippen LogP contribution in [0.4, 0.5) is 4.39 Å². The van der Waals surface area contributed by atoms with E-state index in [1.807, 2.05) is 4.90 Å². The zero-order chi connectivity index (χ0) is 16.0. The van der Waals surface area contributed by atoms with Gasteiger partial charge >= 0.3 is 0 Å². The maximum atomic E-state index is 13.3. The van der Waals surface area contributed by atoms with Crippen LogP contribution in [0.15, 0.2) is 11.6 Å². The number of carbonyl (C=O) groups excluding carboxylic acids is 1. The predicted molar refractivity (Wildman–Crippen MR) is 89.0 cm³/mol. The van der Waals surface area contributed by atoms with Crippen molar-refractivity contribution < 1.29 is 9.18 Å². The van der Waals surface area contributed by atoms with Gasteiger partial charge in [-0.2, -0.15) is 0 Å². The average Bonchev–Trinajstić information content (AvgIpc) is 2.93. The van der Waals surface area contributed by atoms with Gasteiger partial charge in [-0.15, -0.1) is 11.6 Å². The second-order valence-electron chi connectivity index (χ2n) is 7.73. The largest absolute Gasteiger partial charge is 0.323 e. The number of alkyl halides is 2. The van der Waals surface area contributed by atoms with Crippen LogP contribution in [0.1, 0.15) is 51.4 Å². The molecule has 0 aromatic carbocycles. The number of fused-ring (bicyclic) bond motifs is 2. The minimum Gasteiger partial charge on any atom is -0.323 e. The standard InChI is InChI=1S/C18H26ClFN2O/c19-13-3-6-15-16(10-13)21-17-12(7-8-22(17)18(15)23)9-11-1-4-14(20)5-2-11/h9,11,13-17,21H,1-8,10H2/b12-9+. The number of allylic oxidation sites excluding steroid dienone is 1. The van der Waals surface area contributed by atoms with Crippen molar-refractivity contribution in [1.29, 1.82) is 0 Å². The Morgan fingerprint density at radius 2 is 1.96 bits per heavy atom. The number of hydrogen-bond acceptors (Lipinski definition) is 2. The Bertz CT molecular complexity index is 503. The van der Waals surface area contributed by atoms with Crippen molar-refractivity contribution in [3.05, 3.63) is 11.6 Å². The number of nitrogens with zero attached hydrogens (tertiary/aromatic N) is 1. The fraction of sp³-hybridized carbons (Fsp3) is 0.833. The van der Waals surface area contributed by atoms with E-state index in [2.05, 4.69) is 11.4 Å². The number of rotatable bonds is 1. The summed E-state index contributed by atoms with van der Waals surface area (Å²) in [6.07, 6.45) is 8.78. The first-order valence-electron chi connectivity index (χ1n) is 9.17. The summed E-state index contributed by atoms with van der Waals surface area (Å²) in [5, 5.41) is 3.90. The highest BCUT2D eigenvalue weighted by Crippen LogP contribution is 2.38. The van der Waals surface area contributed by atoms with Crippen molar-refractivity contribution in [2.24, 2.45) is 11.8 Å². The maximum absolute atomic E-state index is 13.3. The van der Waals surface area contributed by atoms with Gasteiger partial charge in [0.15, 0.2) is 0 Å². The smallest absolute Gasteiger partial charge is 0.228 e. The van der Waals surface area contributed by atoms with Crippen molar-refractivity contribution in [3.8, 4) is 0 Å². The minimum absolute atomic E-state index is 0.0637. The van der Waals surface area contributed by atoms with Crippen molar-refractivity contribution in [1.82, 2.24) is 10.2 Å². The van der Waals surface area contributed by atoms with E-state index in [0.29, 0.717) is 24.7 Å². The van der Waals surface area contributed by atoms with Gasteiger partial charge in [-0.05, 0) is 62.9 Å². The molecule has 23 heavy (non-hydrogen) atoms. The Morgan fingerprint density at radius 1 is 1.17 bits per heavy atom. The lowest BCUT2D eigenvalue weighted by atomic mass is 9.81. The van der Waals surface area contributed by atoms with E-state index in [0.717, 1.165) is 45.1 Å². The average molecular weight is 341 g/mol. The normalized spacial score (nSPS) is 45.9. The molecule has 4 atom stereocenters. The Labute approximate surface area is 142 Å². The van der Waals surface area contributed by atoms with E-state index < -0.39 is 6.17 Å². The van der Waals surface area contributed by atoms with E-state index in [-0.39, 0.29) is 23.5 Å². The van der Waals surface area contributed by atoms with Crippen LogP contribution in [0.25, 0.3) is 0 Å². The lowest BCUT2D eigenvalue weighted by Crippen LogP contribution is -2.62. The Morgan fingerprint density at radius 3 is 2.74 bits per heavy atom. The molecule has 4 aliphatic rings. The molecule has 0 radical (unpaired) electrons. The van der Waals surface area contributed by atoms with Gasteiger partial charge in [-0.3, -0.25) is 10.1 Å². The van der Waals surface area contributed by atoms with E-state index in [1.54, 1.807) is 0 Å². The van der Waals surface area contributed by atoms with Gasteiger partial charge in [0, 0.05) is 18.0 Å². The number of nitrogens with one attached hydrogen (secondary N) is 1. The summed E-state index contributed by atoms with van der Waals surface area (Å²) >= 11 is 6.32. The molecule has 5 heteroatoms. The number of carbonyl (C=O) groups is 1. The molecule has 3 nitrogen and oxygen atoms in total. The van der Waals surface area contributed by atoms with Crippen LogP contribution in [0.2, 0.25) is 0 Å². The molecule has 4 unspecified atom stereocenters. The number of hydrogen-bond donors (Lipinski definition) is 1. The van der Waals surface area contributed by atoms with Crippen LogP contribution in [0.3, 0.4) is 0 Å². The lowest BCUT2D eigenvalue weighted by molar-refractivity contribution is -0.143. The summed E-state index contributed by atoms with van der Waals surface area (Å²) in [6.45, 7) is 0.828. The molecule has 2 heterocycles. The second-order valence-corrected chi connectivity index (χ2v) is 8.35. The molecule has 0 aromatic heterocycles. The zero-order valence-electron chi connectivity index (χ0n) is 13.5. The van der Waals surface area contributed by atoms with Gasteiger partial charge in [-0.25, -0.2) is 4.39 Å². The third kappa shape index (κ3) is 3.05. The highest BCUT2D eigenvalue weighted by molar-refractivity contribution is 6.20. The monoisotopic (exact) mass is 340 g/mol. The molecule has 2 aliphatic heterocycles. The first-order valence-corrected chi connectivity index (χ1v) is 9.60. The maximum Gasteiger partial charge on any atom is 0.228 e. The van der Waals surface area contributed by atoms with E-state index in [1.165, 1.54) is 5.57 Å². The molecule has 2 saturated heterocycles. The van der Waals surface area contributed by atoms with Gasteiger partial charge in [0.1, 0.15) is 12.3 Å². The number of amides is 1. The quantitative estimate of drug-likeness (QED) is 0.586. The molecular weight excluding hydrogens is 315 g/mol. The van der Waals surface area contributed by atoms with E-state index >= 15 is 0 Å². The highest BCUT2D eigenvalue weighted by atomic mass is 35.5. The van der Waals surface area contributed by atoms with Crippen molar-refractivity contribution in [2.75, 3.05) is 6.54 Å². The first kappa shape index (κ1) is 15.9. The molecule has 2 saturated carbocycles. The summed E-state index contributed by atoms with van der Waals surface area (Å²) in [4.78, 5) is 14.8. The zero-order valence-corrected chi connectivity index (χ0v) is 14.3. The molecule has 4 fully saturated rings. The van der Waals surface area contributed by atoms with E-state index in [9.17, 15) is 9.18 Å². The fourth-order valence-electron chi connectivity index (χ4n) is 4.89. The molecule has 1 amide bonds. The second kappa shape index (κ2) is 6.36. The summed E-state index contributed by atoms with van der Waals surface area (Å²) < 4.78 is 13.3. The molecule has 2 aliphatic carbocycles. The molecule has 128 valence electrons. The van der Waals surface area contributed by atoms with Gasteiger partial charge in [0.25, 0.3) is 0 Å². The first-order chi connectivity index (χ1) is 11.1. The van der Waals surface area contributed by atoms with Gasteiger partial charge in [0.05, 0.1) is 5.92 Å². The number of halogens is 2. The molecule has 4 rings (SSSR count). The topological polar surface area (TPSA) is 32.3 Å². The van der Waals surface area contributed by atoms with E-state index in [4.69, 9.17) is 11.6 Å². The SMILES string of the molecule is O=C1C2CCC(Cl)CC2NC2/C(=C/C3CCC(F)CC3)CCN12.